The van der Waals surface area contributed by atoms with Gasteiger partial charge in [0.1, 0.15) is 6.07 Å². The summed E-state index contributed by atoms with van der Waals surface area (Å²) in [6, 6.07) is 8.65. The third kappa shape index (κ3) is 6.06. The van der Waals surface area contributed by atoms with Crippen molar-refractivity contribution in [2.45, 2.75) is 44.2 Å². The molecule has 38 heavy (non-hydrogen) atoms. The first-order valence-electron chi connectivity index (χ1n) is 12.5. The molecule has 1 saturated carbocycles. The van der Waals surface area contributed by atoms with E-state index in [0.29, 0.717) is 45.5 Å². The molecule has 12 nitrogen and oxygen atoms in total. The Kier molecular flexibility index (Phi) is 8.81. The third-order valence-corrected chi connectivity index (χ3v) is 7.02. The van der Waals surface area contributed by atoms with E-state index >= 15 is 0 Å². The lowest BCUT2D eigenvalue weighted by Gasteiger charge is -2.35. The van der Waals surface area contributed by atoms with Gasteiger partial charge in [-0.05, 0) is 50.8 Å². The maximum absolute atomic E-state index is 9.71. The average Bonchev–Trinajstić information content (AvgIpc) is 3.64. The quantitative estimate of drug-likeness (QED) is 0.326. The number of halogens is 1. The predicted octanol–water partition coefficient (Wildman–Crippen LogP) is 2.61. The first-order chi connectivity index (χ1) is 18.1. The lowest BCUT2D eigenvalue weighted by molar-refractivity contribution is 0.192. The Bertz CT molecular complexity index is 1350. The Labute approximate surface area is 225 Å². The molecule has 2 fully saturated rings. The molecule has 200 valence electrons. The molecular formula is C25H31ClN10O2. The molecule has 1 aliphatic carbocycles. The molecule has 0 radical (unpaired) electrons. The number of piperidine rings is 1. The SMILES string of the molecule is COCCCNC1CCN(c2cc(C#N)cc(Nc3nc(NC4CC4)c4ncc(C#N)n4n3)c2Cl)CC1.O. The molecular weight excluding hydrogens is 508 g/mol. The zero-order valence-corrected chi connectivity index (χ0v) is 21.9. The average molecular weight is 539 g/mol. The van der Waals surface area contributed by atoms with E-state index in [0.717, 1.165) is 64.0 Å². The number of nitrogens with one attached hydrogen (secondary N) is 3. The summed E-state index contributed by atoms with van der Waals surface area (Å²) in [5, 5.41) is 34.3. The van der Waals surface area contributed by atoms with Crippen molar-refractivity contribution in [3.8, 4) is 12.1 Å². The van der Waals surface area contributed by atoms with Gasteiger partial charge in [-0.25, -0.2) is 4.98 Å². The van der Waals surface area contributed by atoms with Crippen molar-refractivity contribution >= 4 is 40.4 Å². The first kappa shape index (κ1) is 27.4. The number of nitrogens with zero attached hydrogens (tertiary/aromatic N) is 7. The van der Waals surface area contributed by atoms with Crippen molar-refractivity contribution in [1.29, 1.82) is 10.5 Å². The highest BCUT2D eigenvalue weighted by Crippen LogP contribution is 2.37. The van der Waals surface area contributed by atoms with Crippen molar-refractivity contribution in [2.75, 3.05) is 48.9 Å². The van der Waals surface area contributed by atoms with Gasteiger partial charge >= 0.3 is 0 Å². The van der Waals surface area contributed by atoms with Crippen LogP contribution in [0.4, 0.5) is 23.1 Å². The molecule has 3 aromatic rings. The summed E-state index contributed by atoms with van der Waals surface area (Å²) in [5.41, 5.74) is 2.62. The minimum Gasteiger partial charge on any atom is -0.412 e. The largest absolute Gasteiger partial charge is 0.412 e. The highest BCUT2D eigenvalue weighted by Gasteiger charge is 2.25. The number of rotatable bonds is 10. The molecule has 1 saturated heterocycles. The monoisotopic (exact) mass is 538 g/mol. The molecule has 13 heteroatoms. The van der Waals surface area contributed by atoms with Crippen LogP contribution in [-0.2, 0) is 4.74 Å². The number of fused-ring (bicyclic) bond motifs is 1. The number of hydrogen-bond acceptors (Lipinski definition) is 10. The zero-order chi connectivity index (χ0) is 25.8. The summed E-state index contributed by atoms with van der Waals surface area (Å²) in [6.45, 7) is 3.35. The lowest BCUT2D eigenvalue weighted by atomic mass is 10.0. The number of methoxy groups -OCH3 is 1. The van der Waals surface area contributed by atoms with Crippen molar-refractivity contribution in [2.24, 2.45) is 0 Å². The predicted molar refractivity (Wildman–Crippen MR) is 145 cm³/mol. The topological polar surface area (TPSA) is 171 Å². The van der Waals surface area contributed by atoms with E-state index in [4.69, 9.17) is 16.3 Å². The summed E-state index contributed by atoms with van der Waals surface area (Å²) in [7, 11) is 1.72. The van der Waals surface area contributed by atoms with Gasteiger partial charge in [0.05, 0.1) is 34.2 Å². The number of hydrogen-bond donors (Lipinski definition) is 3. The van der Waals surface area contributed by atoms with Gasteiger partial charge in [-0.1, -0.05) is 11.6 Å². The fourth-order valence-corrected chi connectivity index (χ4v) is 4.77. The molecule has 5 N–H and O–H groups in total. The second-order valence-corrected chi connectivity index (χ2v) is 9.73. The van der Waals surface area contributed by atoms with E-state index in [9.17, 15) is 10.5 Å². The van der Waals surface area contributed by atoms with Gasteiger partial charge in [0, 0.05) is 38.9 Å². The minimum atomic E-state index is 0. The van der Waals surface area contributed by atoms with Gasteiger partial charge in [-0.3, -0.25) is 0 Å². The van der Waals surface area contributed by atoms with Crippen LogP contribution in [0.25, 0.3) is 5.65 Å². The van der Waals surface area contributed by atoms with E-state index in [1.165, 1.54) is 10.7 Å². The Morgan fingerprint density at radius 3 is 2.61 bits per heavy atom. The molecule has 0 spiro atoms. The smallest absolute Gasteiger partial charge is 0.247 e. The van der Waals surface area contributed by atoms with Gasteiger partial charge < -0.3 is 31.1 Å². The molecule has 0 atom stereocenters. The van der Waals surface area contributed by atoms with Gasteiger partial charge in [0.25, 0.3) is 0 Å². The number of imidazole rings is 1. The fourth-order valence-electron chi connectivity index (χ4n) is 4.49. The number of benzene rings is 1. The number of anilines is 4. The highest BCUT2D eigenvalue weighted by molar-refractivity contribution is 6.36. The van der Waals surface area contributed by atoms with Crippen molar-refractivity contribution in [1.82, 2.24) is 24.9 Å². The van der Waals surface area contributed by atoms with E-state index in [1.807, 2.05) is 6.07 Å². The van der Waals surface area contributed by atoms with Gasteiger partial charge in [0.2, 0.25) is 5.95 Å². The third-order valence-electron chi connectivity index (χ3n) is 6.62. The van der Waals surface area contributed by atoms with Crippen molar-refractivity contribution in [3.63, 3.8) is 0 Å². The number of nitriles is 2. The summed E-state index contributed by atoms with van der Waals surface area (Å²) in [6.07, 6.45) is 6.55. The maximum Gasteiger partial charge on any atom is 0.247 e. The van der Waals surface area contributed by atoms with Crippen LogP contribution in [0.5, 0.6) is 0 Å². The second-order valence-electron chi connectivity index (χ2n) is 9.35. The molecule has 0 bridgehead atoms. The second kappa shape index (κ2) is 12.2. The van der Waals surface area contributed by atoms with Crippen LogP contribution in [0, 0.1) is 22.7 Å². The molecule has 2 aromatic heterocycles. The molecule has 3 heterocycles. The summed E-state index contributed by atoms with van der Waals surface area (Å²) >= 11 is 6.88. The Morgan fingerprint density at radius 2 is 1.92 bits per heavy atom. The van der Waals surface area contributed by atoms with Crippen molar-refractivity contribution < 1.29 is 10.2 Å². The van der Waals surface area contributed by atoms with Gasteiger partial charge in [-0.2, -0.15) is 20.0 Å². The van der Waals surface area contributed by atoms with Crippen LogP contribution in [0.3, 0.4) is 0 Å². The maximum atomic E-state index is 9.71. The first-order valence-corrected chi connectivity index (χ1v) is 12.9. The highest BCUT2D eigenvalue weighted by atomic mass is 35.5. The fraction of sp³-hybridized carbons (Fsp3) is 0.480. The van der Waals surface area contributed by atoms with Gasteiger partial charge in [0.15, 0.2) is 17.2 Å². The minimum absolute atomic E-state index is 0. The molecule has 2 aliphatic rings. The van der Waals surface area contributed by atoms with Gasteiger partial charge in [-0.15, -0.1) is 5.10 Å². The lowest BCUT2D eigenvalue weighted by Crippen LogP contribution is -2.43. The number of aromatic nitrogens is 4. The van der Waals surface area contributed by atoms with Crippen LogP contribution in [0.1, 0.15) is 43.4 Å². The normalized spacial score (nSPS) is 15.5. The van der Waals surface area contributed by atoms with E-state index in [-0.39, 0.29) is 11.4 Å². The Morgan fingerprint density at radius 1 is 1.13 bits per heavy atom. The van der Waals surface area contributed by atoms with Crippen LogP contribution in [0.15, 0.2) is 18.3 Å². The number of ether oxygens (including phenoxy) is 1. The van der Waals surface area contributed by atoms with E-state index < -0.39 is 0 Å². The van der Waals surface area contributed by atoms with Crippen LogP contribution < -0.4 is 20.9 Å². The van der Waals surface area contributed by atoms with Crippen molar-refractivity contribution in [3.05, 3.63) is 34.6 Å². The molecule has 0 unspecified atom stereocenters. The van der Waals surface area contributed by atoms with E-state index in [1.54, 1.807) is 13.2 Å². The Balaban J connectivity index is 0.00000336. The van der Waals surface area contributed by atoms with Crippen LogP contribution >= 0.6 is 11.6 Å². The van der Waals surface area contributed by atoms with Crippen LogP contribution in [-0.4, -0.2) is 70.5 Å². The molecule has 0 amide bonds. The summed E-state index contributed by atoms with van der Waals surface area (Å²) in [4.78, 5) is 11.1. The molecule has 1 aromatic carbocycles. The summed E-state index contributed by atoms with van der Waals surface area (Å²) in [5.74, 6) is 0.807. The van der Waals surface area contributed by atoms with E-state index in [2.05, 4.69) is 48.1 Å². The summed E-state index contributed by atoms with van der Waals surface area (Å²) < 4.78 is 6.59. The molecule has 5 rings (SSSR count). The zero-order valence-electron chi connectivity index (χ0n) is 21.2. The Hall–Kier alpha value is -3.68. The standard InChI is InChI=1S/C25H29ClN10O.H2O/c1-37-10-2-7-29-17-5-8-35(9-6-17)21-12-16(13-27)11-20(22(21)26)32-25-33-23(31-18-3-4-18)24-30-15-19(14-28)36(24)34-25;/h11-12,15,17-18,29H,2-10H2,1H3,(H2,31,32,33,34);1H2. The molecule has 1 aliphatic heterocycles. The van der Waals surface area contributed by atoms with Crippen LogP contribution in [0.2, 0.25) is 5.02 Å².